The van der Waals surface area contributed by atoms with Crippen LogP contribution < -0.4 is 15.2 Å². The largest absolute Gasteiger partial charge is 0.508 e. The average Bonchev–Trinajstić information content (AvgIpc) is 2.74. The van der Waals surface area contributed by atoms with Crippen molar-refractivity contribution in [2.45, 2.75) is 99.6 Å². The third-order valence-electron chi connectivity index (χ3n) is 5.33. The van der Waals surface area contributed by atoms with Crippen molar-refractivity contribution >= 4 is 24.1 Å². The Balaban J connectivity index is 3.34. The maximum Gasteiger partial charge on any atom is 0.508 e. The van der Waals surface area contributed by atoms with Gasteiger partial charge in [0.05, 0.1) is 19.4 Å². The van der Waals surface area contributed by atoms with Gasteiger partial charge in [0.25, 0.3) is 0 Å². The van der Waals surface area contributed by atoms with Crippen LogP contribution in [0.15, 0.2) is 18.2 Å². The van der Waals surface area contributed by atoms with Crippen molar-refractivity contribution in [1.29, 1.82) is 0 Å². The molecule has 220 valence electrons. The van der Waals surface area contributed by atoms with Crippen LogP contribution in [0.1, 0.15) is 93.1 Å². The van der Waals surface area contributed by atoms with Gasteiger partial charge in [0.2, 0.25) is 0 Å². The lowest BCUT2D eigenvalue weighted by atomic mass is 9.87. The molecule has 39 heavy (non-hydrogen) atoms. The minimum atomic E-state index is -1.37. The summed E-state index contributed by atoms with van der Waals surface area (Å²) >= 11 is 0. The molecule has 0 spiro atoms. The van der Waals surface area contributed by atoms with Crippen molar-refractivity contribution < 1.29 is 43.2 Å². The molecule has 3 atom stereocenters. The number of hydrogen-bond donors (Lipinski definition) is 2. The molecule has 1 aromatic carbocycles. The second kappa shape index (κ2) is 14.3. The molecule has 0 aromatic heterocycles. The van der Waals surface area contributed by atoms with E-state index in [4.69, 9.17) is 24.7 Å². The Morgan fingerprint density at radius 3 is 1.85 bits per heavy atom. The van der Waals surface area contributed by atoms with Crippen molar-refractivity contribution in [3.63, 3.8) is 0 Å². The van der Waals surface area contributed by atoms with Gasteiger partial charge in [-0.3, -0.25) is 14.4 Å². The summed E-state index contributed by atoms with van der Waals surface area (Å²) in [6.45, 7) is 16.9. The van der Waals surface area contributed by atoms with Crippen molar-refractivity contribution in [3.8, 4) is 11.5 Å². The molecule has 0 saturated heterocycles. The van der Waals surface area contributed by atoms with Crippen LogP contribution in [0.3, 0.4) is 0 Å². The highest BCUT2D eigenvalue weighted by Crippen LogP contribution is 2.36. The predicted octanol–water partition coefficient (Wildman–Crippen LogP) is 5.45. The molecule has 1 rings (SSSR count). The highest BCUT2D eigenvalue weighted by atomic mass is 16.7. The number of esters is 2. The minimum Gasteiger partial charge on any atom is -0.480 e. The van der Waals surface area contributed by atoms with Crippen molar-refractivity contribution in [2.24, 2.45) is 22.5 Å². The maximum atomic E-state index is 12.7. The molecule has 2 unspecified atom stereocenters. The molecule has 0 heterocycles. The molecular weight excluding hydrogens is 506 g/mol. The predicted molar refractivity (Wildman–Crippen MR) is 146 cm³/mol. The van der Waals surface area contributed by atoms with Crippen LogP contribution in [-0.2, 0) is 23.9 Å². The average molecular weight is 552 g/mol. The summed E-state index contributed by atoms with van der Waals surface area (Å²) in [6, 6.07) is 3.07. The van der Waals surface area contributed by atoms with E-state index in [1.54, 1.807) is 13.0 Å². The Morgan fingerprint density at radius 2 is 1.38 bits per heavy atom. The molecule has 0 saturated carbocycles. The lowest BCUT2D eigenvalue weighted by molar-refractivity contribution is -0.139. The van der Waals surface area contributed by atoms with E-state index in [0.717, 1.165) is 0 Å². The van der Waals surface area contributed by atoms with Gasteiger partial charge in [-0.1, -0.05) is 61.5 Å². The van der Waals surface area contributed by atoms with Crippen molar-refractivity contribution in [3.05, 3.63) is 23.8 Å². The highest BCUT2D eigenvalue weighted by Gasteiger charge is 2.31. The molecular formula is C29H45NO9. The fraction of sp³-hybridized carbons (Fsp3) is 0.655. The van der Waals surface area contributed by atoms with Crippen LogP contribution in [0.5, 0.6) is 11.5 Å². The van der Waals surface area contributed by atoms with Crippen LogP contribution in [0.2, 0.25) is 0 Å². The van der Waals surface area contributed by atoms with Gasteiger partial charge < -0.3 is 29.8 Å². The zero-order valence-electron chi connectivity index (χ0n) is 24.7. The topological polar surface area (TPSA) is 151 Å². The molecule has 10 nitrogen and oxygen atoms in total. The highest BCUT2D eigenvalue weighted by molar-refractivity contribution is 5.77. The van der Waals surface area contributed by atoms with Gasteiger partial charge >= 0.3 is 24.1 Å². The minimum absolute atomic E-state index is 0.0273. The summed E-state index contributed by atoms with van der Waals surface area (Å²) in [6.07, 6.45) is -1.34. The fourth-order valence-electron chi connectivity index (χ4n) is 3.60. The summed E-state index contributed by atoms with van der Waals surface area (Å²) < 4.78 is 21.5. The Kier molecular flexibility index (Phi) is 12.4. The molecule has 0 aliphatic heterocycles. The summed E-state index contributed by atoms with van der Waals surface area (Å²) in [5.41, 5.74) is 5.75. The van der Waals surface area contributed by atoms with Crippen LogP contribution >= 0.6 is 0 Å². The summed E-state index contributed by atoms with van der Waals surface area (Å²) in [5.74, 6) is -3.04. The van der Waals surface area contributed by atoms with E-state index in [2.05, 4.69) is 0 Å². The molecule has 0 bridgehead atoms. The van der Waals surface area contributed by atoms with Gasteiger partial charge in [-0.25, -0.2) is 4.79 Å². The third-order valence-corrected chi connectivity index (χ3v) is 5.33. The number of carbonyl (C=O) groups is 4. The van der Waals surface area contributed by atoms with Crippen LogP contribution in [0, 0.1) is 16.7 Å². The molecule has 0 radical (unpaired) electrons. The number of benzene rings is 1. The van der Waals surface area contributed by atoms with E-state index in [0.29, 0.717) is 5.56 Å². The molecule has 0 aliphatic rings. The molecule has 10 heteroatoms. The van der Waals surface area contributed by atoms with E-state index >= 15 is 0 Å². The van der Waals surface area contributed by atoms with Gasteiger partial charge in [-0.15, -0.1) is 0 Å². The Morgan fingerprint density at radius 1 is 0.872 bits per heavy atom. The van der Waals surface area contributed by atoms with Gasteiger partial charge in [-0.05, 0) is 47.8 Å². The molecule has 3 N–H and O–H groups in total. The number of rotatable bonds is 12. The van der Waals surface area contributed by atoms with Crippen LogP contribution in [0.25, 0.3) is 0 Å². The molecule has 1 aromatic rings. The smallest absolute Gasteiger partial charge is 0.480 e. The molecule has 0 fully saturated rings. The first-order valence-corrected chi connectivity index (χ1v) is 13.1. The van der Waals surface area contributed by atoms with E-state index in [9.17, 15) is 24.3 Å². The standard InChI is InChI=1S/C29H45NO9/c1-17(2)16-36-27(35)37-18(3)12-20(25(30)26(33)34)19-10-11-21(38-23(31)14-28(4,5)6)22(13-19)39-24(32)15-29(7,8)9/h10-11,13,17-18,20,25H,12,14-16,30H2,1-9H3,(H,33,34)/t18?,20?,25-/m0/s1. The quantitative estimate of drug-likeness (QED) is 0.253. The summed E-state index contributed by atoms with van der Waals surface area (Å²) in [5, 5.41) is 9.67. The summed E-state index contributed by atoms with van der Waals surface area (Å²) in [7, 11) is 0. The number of carboxylic acids is 1. The first kappa shape index (κ1) is 33.9. The maximum absolute atomic E-state index is 12.7. The number of nitrogens with two attached hydrogens (primary N) is 1. The van der Waals surface area contributed by atoms with Gasteiger partial charge in [0, 0.05) is 5.92 Å². The normalized spacial score (nSPS) is 14.2. The zero-order valence-corrected chi connectivity index (χ0v) is 24.7. The second-order valence-electron chi connectivity index (χ2n) is 12.7. The molecule has 0 aliphatic carbocycles. The number of carbonyl (C=O) groups excluding carboxylic acids is 3. The number of carboxylic acid groups (broad SMARTS) is 1. The van der Waals surface area contributed by atoms with E-state index in [1.807, 2.05) is 55.4 Å². The molecule has 0 amide bonds. The SMILES string of the molecule is CC(C)COC(=O)OC(C)CC(c1ccc(OC(=O)CC(C)(C)C)c(OC(=O)CC(C)(C)C)c1)[C@H](N)C(=O)O. The Hall–Kier alpha value is -3.14. The first-order valence-electron chi connectivity index (χ1n) is 13.1. The first-order chi connectivity index (χ1) is 17.8. The monoisotopic (exact) mass is 551 g/mol. The Bertz CT molecular complexity index is 1000. The number of hydrogen-bond acceptors (Lipinski definition) is 9. The lowest BCUT2D eigenvalue weighted by Crippen LogP contribution is -2.38. The lowest BCUT2D eigenvalue weighted by Gasteiger charge is -2.25. The Labute approximate surface area is 231 Å². The van der Waals surface area contributed by atoms with Gasteiger partial charge in [-0.2, -0.15) is 0 Å². The second-order valence-corrected chi connectivity index (χ2v) is 12.7. The van der Waals surface area contributed by atoms with E-state index in [-0.39, 0.29) is 54.1 Å². The van der Waals surface area contributed by atoms with Crippen LogP contribution in [0.4, 0.5) is 4.79 Å². The van der Waals surface area contributed by atoms with E-state index < -0.39 is 42.1 Å². The summed E-state index contributed by atoms with van der Waals surface area (Å²) in [4.78, 5) is 49.1. The van der Waals surface area contributed by atoms with Gasteiger partial charge in [0.15, 0.2) is 11.5 Å². The van der Waals surface area contributed by atoms with Gasteiger partial charge in [0.1, 0.15) is 12.1 Å². The zero-order chi connectivity index (χ0) is 30.1. The van der Waals surface area contributed by atoms with Crippen molar-refractivity contribution in [1.82, 2.24) is 0 Å². The van der Waals surface area contributed by atoms with Crippen LogP contribution in [-0.4, -0.2) is 47.9 Å². The van der Waals surface area contributed by atoms with E-state index in [1.165, 1.54) is 12.1 Å². The fourth-order valence-corrected chi connectivity index (χ4v) is 3.60. The van der Waals surface area contributed by atoms with Crippen molar-refractivity contribution in [2.75, 3.05) is 6.61 Å². The number of aliphatic carboxylic acids is 1. The number of ether oxygens (including phenoxy) is 4. The third kappa shape index (κ3) is 13.5.